The zero-order chi connectivity index (χ0) is 43.4. The molecule has 0 radical (unpaired) electrons. The number of anilines is 1. The molecule has 2 aliphatic heterocycles. The van der Waals surface area contributed by atoms with E-state index in [1.54, 1.807) is 58.3 Å². The first kappa shape index (κ1) is 39.5. The summed E-state index contributed by atoms with van der Waals surface area (Å²) in [6.07, 6.45) is 8.79. The molecule has 1 saturated heterocycles. The van der Waals surface area contributed by atoms with Gasteiger partial charge in [0.15, 0.2) is 22.4 Å². The lowest BCUT2D eigenvalue weighted by molar-refractivity contribution is 0.0853. The lowest BCUT2D eigenvalue weighted by Gasteiger charge is -2.29. The molecule has 10 rings (SSSR count). The van der Waals surface area contributed by atoms with Crippen molar-refractivity contribution < 1.29 is 26.7 Å². The Balaban J connectivity index is 1.12. The average Bonchev–Trinajstić information content (AvgIpc) is 4.10. The Kier molecular flexibility index (Phi) is 9.22. The van der Waals surface area contributed by atoms with E-state index in [0.29, 0.717) is 57.8 Å². The van der Waals surface area contributed by atoms with Crippen molar-refractivity contribution in [3.63, 3.8) is 0 Å². The molecule has 318 valence electrons. The van der Waals surface area contributed by atoms with E-state index in [0.717, 1.165) is 22.4 Å². The number of hydrogen-bond donors (Lipinski definition) is 1. The monoisotopic (exact) mass is 860 g/mol. The van der Waals surface area contributed by atoms with Gasteiger partial charge in [0.2, 0.25) is 0 Å². The predicted molar refractivity (Wildman–Crippen MR) is 227 cm³/mol. The summed E-state index contributed by atoms with van der Waals surface area (Å²) in [5.41, 5.74) is 2.90. The molecule has 1 unspecified atom stereocenters. The number of Topliss-reactive ketones (excluding diaryl/α,β-unsaturated/α-hetero) is 1. The number of aromatic nitrogens is 9. The summed E-state index contributed by atoms with van der Waals surface area (Å²) < 4.78 is 73.9. The molecule has 0 saturated carbocycles. The SMILES string of the molecule is Cc1cc(-n2nc3c(c2-n2ccn(-c4ccc5c(cnn5C)c4F)c2=O)[C@@H](C)C(C(=O)c2cc4cc(C5CCOCC5)ccc4n2S(=O)(=O)c2cn(C)cn2)CN3)cc(C)c1F. The van der Waals surface area contributed by atoms with Crippen molar-refractivity contribution in [3.8, 4) is 17.2 Å². The Morgan fingerprint density at radius 2 is 1.66 bits per heavy atom. The van der Waals surface area contributed by atoms with E-state index in [1.807, 2.05) is 19.1 Å². The number of carbonyl (C=O) groups is 1. The number of halogens is 2. The molecule has 0 spiro atoms. The standard InChI is InChI=1S/C44H42F2N10O5S/c1-24-16-30(17-25(2)39(24)45)55-43(54-13-12-53(44(54)58)35-9-8-34-32(40(35)46)21-49-52(34)5)38-26(3)31(20-47-42(38)50-55)41(57)36-19-29-18-28(27-10-14-61-15-11-27)6-7-33(29)56(36)62(59,60)37-22-51(4)23-48-37/h6-9,12-13,16-19,21-23,26-27,31H,10-11,14-15,20H2,1-5H3,(H,47,50)/t26-,31?/m0/s1. The fourth-order valence-corrected chi connectivity index (χ4v) is 10.6. The number of fused-ring (bicyclic) bond motifs is 3. The summed E-state index contributed by atoms with van der Waals surface area (Å²) in [7, 11) is -1.01. The van der Waals surface area contributed by atoms with Crippen LogP contribution in [0.25, 0.3) is 39.0 Å². The number of benzene rings is 3. The second kappa shape index (κ2) is 14.5. The van der Waals surface area contributed by atoms with Gasteiger partial charge in [-0.3, -0.25) is 18.6 Å². The van der Waals surface area contributed by atoms with Gasteiger partial charge >= 0.3 is 5.69 Å². The molecule has 2 atom stereocenters. The van der Waals surface area contributed by atoms with Crippen molar-refractivity contribution in [2.45, 2.75) is 50.5 Å². The van der Waals surface area contributed by atoms with Crippen LogP contribution in [0.3, 0.4) is 0 Å². The number of hydrogen-bond acceptors (Lipinski definition) is 9. The minimum absolute atomic E-state index is 0.00352. The fourth-order valence-electron chi connectivity index (χ4n) is 9.15. The third-order valence-corrected chi connectivity index (χ3v) is 14.1. The largest absolute Gasteiger partial charge is 0.381 e. The van der Waals surface area contributed by atoms with Crippen LogP contribution in [-0.2, 0) is 28.9 Å². The van der Waals surface area contributed by atoms with Crippen molar-refractivity contribution in [3.05, 3.63) is 130 Å². The van der Waals surface area contributed by atoms with Crippen LogP contribution < -0.4 is 11.0 Å². The van der Waals surface area contributed by atoms with Crippen LogP contribution in [-0.4, -0.2) is 76.2 Å². The first-order valence-electron chi connectivity index (χ1n) is 20.3. The zero-order valence-electron chi connectivity index (χ0n) is 34.5. The predicted octanol–water partition coefficient (Wildman–Crippen LogP) is 6.44. The lowest BCUT2D eigenvalue weighted by atomic mass is 9.81. The molecule has 0 aliphatic carbocycles. The molecule has 18 heteroatoms. The number of ether oxygens (including phenoxy) is 1. The Morgan fingerprint density at radius 3 is 2.39 bits per heavy atom. The van der Waals surface area contributed by atoms with E-state index in [-0.39, 0.29) is 45.9 Å². The average molecular weight is 861 g/mol. The van der Waals surface area contributed by atoms with Crippen LogP contribution in [0.4, 0.5) is 14.6 Å². The van der Waals surface area contributed by atoms with E-state index in [9.17, 15) is 13.2 Å². The molecule has 62 heavy (non-hydrogen) atoms. The number of nitrogens with one attached hydrogen (secondary N) is 1. The van der Waals surface area contributed by atoms with Gasteiger partial charge in [0.05, 0.1) is 40.3 Å². The highest BCUT2D eigenvalue weighted by Gasteiger charge is 2.41. The number of imidazole rings is 2. The Morgan fingerprint density at radius 1 is 0.935 bits per heavy atom. The van der Waals surface area contributed by atoms with Gasteiger partial charge in [0.25, 0.3) is 10.0 Å². The molecule has 7 heterocycles. The van der Waals surface area contributed by atoms with Crippen molar-refractivity contribution in [2.24, 2.45) is 20.0 Å². The van der Waals surface area contributed by atoms with E-state index >= 15 is 13.6 Å². The Hall–Kier alpha value is -6.66. The molecule has 0 bridgehead atoms. The van der Waals surface area contributed by atoms with Gasteiger partial charge in [0.1, 0.15) is 17.3 Å². The normalized spacial score (nSPS) is 17.2. The zero-order valence-corrected chi connectivity index (χ0v) is 35.3. The number of nitrogens with zero attached hydrogens (tertiary/aromatic N) is 9. The smallest absolute Gasteiger partial charge is 0.338 e. The molecule has 1 N–H and O–H groups in total. The van der Waals surface area contributed by atoms with Gasteiger partial charge < -0.3 is 14.6 Å². The number of ketones is 1. The van der Waals surface area contributed by atoms with Gasteiger partial charge in [-0.05, 0) is 91.8 Å². The summed E-state index contributed by atoms with van der Waals surface area (Å²) in [5, 5.41) is 13.0. The van der Waals surface area contributed by atoms with Gasteiger partial charge in [0, 0.05) is 75.2 Å². The van der Waals surface area contributed by atoms with Crippen LogP contribution in [0.1, 0.15) is 64.3 Å². The van der Waals surface area contributed by atoms with Crippen LogP contribution in [0.15, 0.2) is 89.5 Å². The van der Waals surface area contributed by atoms with E-state index < -0.39 is 39.1 Å². The highest BCUT2D eigenvalue weighted by Crippen LogP contribution is 2.42. The van der Waals surface area contributed by atoms with E-state index in [4.69, 9.17) is 9.84 Å². The minimum Gasteiger partial charge on any atom is -0.381 e. The van der Waals surface area contributed by atoms with E-state index in [2.05, 4.69) is 15.4 Å². The van der Waals surface area contributed by atoms with Crippen molar-refractivity contribution in [1.82, 2.24) is 42.2 Å². The quantitative estimate of drug-likeness (QED) is 0.170. The lowest BCUT2D eigenvalue weighted by Crippen LogP contribution is -2.35. The third-order valence-electron chi connectivity index (χ3n) is 12.5. The van der Waals surface area contributed by atoms with Gasteiger partial charge in [-0.1, -0.05) is 13.0 Å². The summed E-state index contributed by atoms with van der Waals surface area (Å²) in [6, 6.07) is 13.7. The van der Waals surface area contributed by atoms with Crippen molar-refractivity contribution in [2.75, 3.05) is 25.1 Å². The van der Waals surface area contributed by atoms with Gasteiger partial charge in [-0.15, -0.1) is 5.10 Å². The summed E-state index contributed by atoms with van der Waals surface area (Å²) in [6.45, 7) is 6.44. The molecule has 15 nitrogen and oxygen atoms in total. The summed E-state index contributed by atoms with van der Waals surface area (Å²) >= 11 is 0. The second-order valence-electron chi connectivity index (χ2n) is 16.3. The van der Waals surface area contributed by atoms with Crippen LogP contribution in [0.5, 0.6) is 0 Å². The molecular formula is C44H42F2N10O5S. The van der Waals surface area contributed by atoms with E-state index in [1.165, 1.54) is 60.2 Å². The highest BCUT2D eigenvalue weighted by molar-refractivity contribution is 7.90. The van der Waals surface area contributed by atoms with Crippen molar-refractivity contribution in [1.29, 1.82) is 0 Å². The third kappa shape index (κ3) is 6.06. The minimum atomic E-state index is -4.38. The molecule has 8 aromatic rings. The molecule has 1 fully saturated rings. The topological polar surface area (TPSA) is 158 Å². The van der Waals surface area contributed by atoms with Crippen LogP contribution >= 0.6 is 0 Å². The summed E-state index contributed by atoms with van der Waals surface area (Å²) in [4.78, 5) is 33.9. The first-order chi connectivity index (χ1) is 29.7. The number of aryl methyl sites for hydroxylation is 4. The first-order valence-corrected chi connectivity index (χ1v) is 21.7. The maximum Gasteiger partial charge on any atom is 0.338 e. The van der Waals surface area contributed by atoms with Crippen LogP contribution in [0, 0.1) is 31.4 Å². The summed E-state index contributed by atoms with van der Waals surface area (Å²) in [5.74, 6) is -2.15. The molecule has 2 aliphatic rings. The molecule has 3 aromatic carbocycles. The maximum absolute atomic E-state index is 16.0. The molecule has 5 aromatic heterocycles. The highest BCUT2D eigenvalue weighted by atomic mass is 32.2. The number of carbonyl (C=O) groups excluding carboxylic acids is 1. The van der Waals surface area contributed by atoms with Gasteiger partial charge in [-0.25, -0.2) is 27.2 Å². The number of rotatable bonds is 8. The maximum atomic E-state index is 16.0. The van der Waals surface area contributed by atoms with Crippen molar-refractivity contribution >= 4 is 43.4 Å². The van der Waals surface area contributed by atoms with Crippen LogP contribution in [0.2, 0.25) is 0 Å². The Labute approximate surface area is 353 Å². The second-order valence-corrected chi connectivity index (χ2v) is 18.1. The fraction of sp³-hybridized carbons (Fsp3) is 0.295. The van der Waals surface area contributed by atoms with Gasteiger partial charge in [-0.2, -0.15) is 13.5 Å². The Bertz CT molecular complexity index is 3290. The molecule has 0 amide bonds. The molecular weight excluding hydrogens is 819 g/mol.